The van der Waals surface area contributed by atoms with Crippen molar-refractivity contribution >= 4 is 51.7 Å². The molecule has 26 heavy (non-hydrogen) atoms. The first kappa shape index (κ1) is 18.3. The number of hydrogen-bond donors (Lipinski definition) is 1. The number of halogens is 2. The Hall–Kier alpha value is -2.50. The third kappa shape index (κ3) is 4.00. The zero-order chi connectivity index (χ0) is 18.8. The number of fused-ring (bicyclic) bond motifs is 1. The number of furan rings is 1. The van der Waals surface area contributed by atoms with Crippen LogP contribution < -0.4 is 5.32 Å². The molecule has 1 amide bonds. The van der Waals surface area contributed by atoms with Crippen LogP contribution in [-0.2, 0) is 9.53 Å². The number of nitrogens with one attached hydrogen (secondary N) is 1. The van der Waals surface area contributed by atoms with Gasteiger partial charge in [0.2, 0.25) is 5.76 Å². The number of esters is 1. The van der Waals surface area contributed by atoms with E-state index in [1.54, 1.807) is 24.3 Å². The van der Waals surface area contributed by atoms with Gasteiger partial charge < -0.3 is 14.5 Å². The van der Waals surface area contributed by atoms with Gasteiger partial charge in [-0.05, 0) is 55.3 Å². The molecule has 5 nitrogen and oxygen atoms in total. The first-order valence-corrected chi connectivity index (χ1v) is 8.52. The molecule has 0 spiro atoms. The molecular formula is C19H15Cl2NO4. The summed E-state index contributed by atoms with van der Waals surface area (Å²) in [7, 11) is 0. The predicted octanol–water partition coefficient (Wildman–Crippen LogP) is 5.15. The maximum Gasteiger partial charge on any atom is 0.374 e. The van der Waals surface area contributed by atoms with Crippen LogP contribution in [0.3, 0.4) is 0 Å². The minimum absolute atomic E-state index is 0.000356. The van der Waals surface area contributed by atoms with E-state index < -0.39 is 18.5 Å². The van der Waals surface area contributed by atoms with E-state index >= 15 is 0 Å². The third-order valence-electron chi connectivity index (χ3n) is 3.71. The Morgan fingerprint density at radius 1 is 1.12 bits per heavy atom. The van der Waals surface area contributed by atoms with Crippen LogP contribution >= 0.6 is 23.2 Å². The lowest BCUT2D eigenvalue weighted by atomic mass is 10.1. The molecule has 0 saturated heterocycles. The lowest BCUT2D eigenvalue weighted by Gasteiger charge is -2.11. The monoisotopic (exact) mass is 391 g/mol. The summed E-state index contributed by atoms with van der Waals surface area (Å²) in [5, 5.41) is 4.28. The number of carbonyl (C=O) groups excluding carboxylic acids is 2. The van der Waals surface area contributed by atoms with Gasteiger partial charge in [0.25, 0.3) is 5.91 Å². The first-order valence-electron chi connectivity index (χ1n) is 7.76. The van der Waals surface area contributed by atoms with Gasteiger partial charge in [-0.25, -0.2) is 4.79 Å². The summed E-state index contributed by atoms with van der Waals surface area (Å²) in [6.45, 7) is 3.28. The molecule has 3 aromatic rings. The van der Waals surface area contributed by atoms with Gasteiger partial charge >= 0.3 is 5.97 Å². The van der Waals surface area contributed by atoms with Crippen LogP contribution in [0.15, 0.2) is 40.8 Å². The van der Waals surface area contributed by atoms with Crippen molar-refractivity contribution < 1.29 is 18.7 Å². The fourth-order valence-corrected chi connectivity index (χ4v) is 3.12. The molecule has 0 aliphatic rings. The fourth-order valence-electron chi connectivity index (χ4n) is 2.57. The highest BCUT2D eigenvalue weighted by atomic mass is 35.5. The van der Waals surface area contributed by atoms with Crippen molar-refractivity contribution in [3.8, 4) is 0 Å². The zero-order valence-electron chi connectivity index (χ0n) is 14.1. The van der Waals surface area contributed by atoms with E-state index in [1.165, 1.54) is 6.07 Å². The summed E-state index contributed by atoms with van der Waals surface area (Å²) in [6, 6.07) is 10.1. The van der Waals surface area contributed by atoms with E-state index in [0.717, 1.165) is 11.1 Å². The molecule has 0 atom stereocenters. The van der Waals surface area contributed by atoms with Crippen LogP contribution in [0.1, 0.15) is 21.7 Å². The Kier molecular flexibility index (Phi) is 5.20. The van der Waals surface area contributed by atoms with Gasteiger partial charge in [-0.1, -0.05) is 29.3 Å². The molecule has 1 N–H and O–H groups in total. The van der Waals surface area contributed by atoms with Crippen LogP contribution in [0.2, 0.25) is 10.0 Å². The van der Waals surface area contributed by atoms with Crippen molar-refractivity contribution in [1.29, 1.82) is 0 Å². The van der Waals surface area contributed by atoms with Crippen LogP contribution in [-0.4, -0.2) is 18.5 Å². The number of benzene rings is 2. The van der Waals surface area contributed by atoms with E-state index in [0.29, 0.717) is 26.7 Å². The number of rotatable bonds is 4. The molecule has 0 saturated carbocycles. The molecule has 0 radical (unpaired) electrons. The Balaban J connectivity index is 1.64. The van der Waals surface area contributed by atoms with Crippen molar-refractivity contribution in [2.75, 3.05) is 11.9 Å². The van der Waals surface area contributed by atoms with Crippen LogP contribution in [0.25, 0.3) is 11.0 Å². The van der Waals surface area contributed by atoms with E-state index in [2.05, 4.69) is 5.32 Å². The normalized spacial score (nSPS) is 10.8. The average Bonchev–Trinajstić information content (AvgIpc) is 2.99. The topological polar surface area (TPSA) is 68.5 Å². The second-order valence-electron chi connectivity index (χ2n) is 5.86. The Bertz CT molecular complexity index is 987. The number of carbonyl (C=O) groups is 2. The number of ether oxygens (including phenoxy) is 1. The maximum atomic E-state index is 12.1. The molecule has 0 aliphatic carbocycles. The van der Waals surface area contributed by atoms with Gasteiger partial charge in [0.05, 0.1) is 10.7 Å². The van der Waals surface area contributed by atoms with Gasteiger partial charge in [0.15, 0.2) is 6.61 Å². The molecule has 0 unspecified atom stereocenters. The Morgan fingerprint density at radius 3 is 2.62 bits per heavy atom. The molecule has 1 heterocycles. The number of aryl methyl sites for hydroxylation is 2. The molecule has 2 aromatic carbocycles. The van der Waals surface area contributed by atoms with E-state index in [-0.39, 0.29) is 5.76 Å². The summed E-state index contributed by atoms with van der Waals surface area (Å²) in [4.78, 5) is 24.1. The highest BCUT2D eigenvalue weighted by Gasteiger charge is 2.17. The van der Waals surface area contributed by atoms with Crippen molar-refractivity contribution in [2.45, 2.75) is 13.8 Å². The first-order chi connectivity index (χ1) is 12.3. The molecule has 7 heteroatoms. The molecule has 0 aliphatic heterocycles. The molecule has 1 aromatic heterocycles. The molecule has 0 fully saturated rings. The molecular weight excluding hydrogens is 377 g/mol. The molecule has 0 bridgehead atoms. The van der Waals surface area contributed by atoms with Gasteiger partial charge in [-0.3, -0.25) is 4.79 Å². The van der Waals surface area contributed by atoms with Gasteiger partial charge in [-0.2, -0.15) is 0 Å². The Morgan fingerprint density at radius 2 is 1.88 bits per heavy atom. The third-order valence-corrected chi connectivity index (χ3v) is 4.24. The fraction of sp³-hybridized carbons (Fsp3) is 0.158. The van der Waals surface area contributed by atoms with Crippen LogP contribution in [0, 0.1) is 13.8 Å². The SMILES string of the molecule is Cc1cc(C)c(NC(=O)COC(=O)c2cc3cc(Cl)ccc3o2)c(Cl)c1. The number of hydrogen-bond acceptors (Lipinski definition) is 4. The lowest BCUT2D eigenvalue weighted by Crippen LogP contribution is -2.21. The van der Waals surface area contributed by atoms with Crippen molar-refractivity contribution in [3.05, 3.63) is 63.3 Å². The maximum absolute atomic E-state index is 12.1. The van der Waals surface area contributed by atoms with Gasteiger partial charge in [0, 0.05) is 10.4 Å². The summed E-state index contributed by atoms with van der Waals surface area (Å²) < 4.78 is 10.4. The molecule has 134 valence electrons. The van der Waals surface area contributed by atoms with Crippen LogP contribution in [0.4, 0.5) is 5.69 Å². The minimum atomic E-state index is -0.737. The summed E-state index contributed by atoms with van der Waals surface area (Å²) in [5.74, 6) is -1.23. The van der Waals surface area contributed by atoms with E-state index in [1.807, 2.05) is 19.9 Å². The Labute approximate surface area is 159 Å². The standard InChI is InChI=1S/C19H15Cl2NO4/c1-10-5-11(2)18(14(21)6-10)22-17(23)9-25-19(24)16-8-12-7-13(20)3-4-15(12)26-16/h3-8H,9H2,1-2H3,(H,22,23). The minimum Gasteiger partial charge on any atom is -0.450 e. The average molecular weight is 392 g/mol. The van der Waals surface area contributed by atoms with Crippen LogP contribution in [0.5, 0.6) is 0 Å². The summed E-state index contributed by atoms with van der Waals surface area (Å²) >= 11 is 12.0. The zero-order valence-corrected chi connectivity index (χ0v) is 15.6. The van der Waals surface area contributed by atoms with Gasteiger partial charge in [-0.15, -0.1) is 0 Å². The number of anilines is 1. The predicted molar refractivity (Wildman–Crippen MR) is 101 cm³/mol. The number of amides is 1. The van der Waals surface area contributed by atoms with Crippen molar-refractivity contribution in [2.24, 2.45) is 0 Å². The smallest absolute Gasteiger partial charge is 0.374 e. The second kappa shape index (κ2) is 7.40. The van der Waals surface area contributed by atoms with E-state index in [4.69, 9.17) is 32.4 Å². The highest BCUT2D eigenvalue weighted by Crippen LogP contribution is 2.27. The lowest BCUT2D eigenvalue weighted by molar-refractivity contribution is -0.119. The molecule has 3 rings (SSSR count). The quantitative estimate of drug-likeness (QED) is 0.624. The summed E-state index contributed by atoms with van der Waals surface area (Å²) in [6.07, 6.45) is 0. The van der Waals surface area contributed by atoms with E-state index in [9.17, 15) is 9.59 Å². The largest absolute Gasteiger partial charge is 0.450 e. The van der Waals surface area contributed by atoms with Gasteiger partial charge in [0.1, 0.15) is 5.58 Å². The van der Waals surface area contributed by atoms with Crippen molar-refractivity contribution in [3.63, 3.8) is 0 Å². The van der Waals surface area contributed by atoms with Crippen molar-refractivity contribution in [1.82, 2.24) is 0 Å². The highest BCUT2D eigenvalue weighted by molar-refractivity contribution is 6.34. The summed E-state index contributed by atoms with van der Waals surface area (Å²) in [5.41, 5.74) is 2.82. The second-order valence-corrected chi connectivity index (χ2v) is 6.70.